The lowest BCUT2D eigenvalue weighted by Gasteiger charge is -2.10. The van der Waals surface area contributed by atoms with Crippen LogP contribution in [0, 0.1) is 0 Å². The Bertz CT molecular complexity index is 429. The Morgan fingerprint density at radius 1 is 1.29 bits per heavy atom. The zero-order valence-electron chi connectivity index (χ0n) is 10.1. The van der Waals surface area contributed by atoms with E-state index < -0.39 is 0 Å². The highest BCUT2D eigenvalue weighted by Crippen LogP contribution is 2.25. The van der Waals surface area contributed by atoms with Crippen molar-refractivity contribution in [1.29, 1.82) is 0 Å². The fourth-order valence-electron chi connectivity index (χ4n) is 1.39. The Morgan fingerprint density at radius 3 is 2.53 bits per heavy atom. The van der Waals surface area contributed by atoms with Crippen molar-refractivity contribution in [2.45, 2.75) is 13.3 Å². The maximum Gasteiger partial charge on any atom is 0.309 e. The molecule has 0 radical (unpaired) electrons. The van der Waals surface area contributed by atoms with Gasteiger partial charge in [-0.25, -0.2) is 0 Å². The maximum atomic E-state index is 11.1. The van der Waals surface area contributed by atoms with Crippen LogP contribution in [0.15, 0.2) is 18.2 Å². The number of ether oxygens (including phenoxy) is 2. The highest BCUT2D eigenvalue weighted by atomic mass is 16.5. The lowest BCUT2D eigenvalue weighted by Crippen LogP contribution is -2.09. The molecule has 1 aromatic rings. The van der Waals surface area contributed by atoms with Crippen molar-refractivity contribution in [3.63, 3.8) is 0 Å². The van der Waals surface area contributed by atoms with E-state index in [1.807, 2.05) is 0 Å². The molecule has 0 unspecified atom stereocenters. The molecule has 0 saturated heterocycles. The fourth-order valence-corrected chi connectivity index (χ4v) is 1.39. The minimum atomic E-state index is -0.330. The molecule has 17 heavy (non-hydrogen) atoms. The average molecular weight is 237 g/mol. The first kappa shape index (κ1) is 13.0. The highest BCUT2D eigenvalue weighted by molar-refractivity contribution is 5.90. The summed E-state index contributed by atoms with van der Waals surface area (Å²) >= 11 is 0. The lowest BCUT2D eigenvalue weighted by atomic mass is 10.1. The van der Waals surface area contributed by atoms with Gasteiger partial charge in [-0.05, 0) is 17.7 Å². The molecule has 0 atom stereocenters. The van der Waals surface area contributed by atoms with Gasteiger partial charge >= 0.3 is 5.97 Å². The van der Waals surface area contributed by atoms with Crippen molar-refractivity contribution in [2.24, 2.45) is 0 Å². The van der Waals surface area contributed by atoms with Gasteiger partial charge in [-0.15, -0.1) is 0 Å². The van der Waals surface area contributed by atoms with Crippen molar-refractivity contribution in [1.82, 2.24) is 0 Å². The van der Waals surface area contributed by atoms with Gasteiger partial charge in [0.05, 0.1) is 26.3 Å². The Labute approximate surface area is 99.7 Å². The zero-order valence-corrected chi connectivity index (χ0v) is 10.1. The third-order valence-corrected chi connectivity index (χ3v) is 2.15. The fraction of sp³-hybridized carbons (Fsp3) is 0.333. The minimum absolute atomic E-state index is 0.160. The maximum absolute atomic E-state index is 11.1. The van der Waals surface area contributed by atoms with E-state index in [1.54, 1.807) is 18.2 Å². The zero-order chi connectivity index (χ0) is 12.8. The van der Waals surface area contributed by atoms with Crippen molar-refractivity contribution in [2.75, 3.05) is 19.5 Å². The first-order chi connectivity index (χ1) is 8.06. The summed E-state index contributed by atoms with van der Waals surface area (Å²) in [6.45, 7) is 1.41. The second kappa shape index (κ2) is 5.89. The number of esters is 1. The molecule has 0 heterocycles. The van der Waals surface area contributed by atoms with Crippen LogP contribution in [-0.2, 0) is 20.7 Å². The number of hydrogen-bond acceptors (Lipinski definition) is 4. The summed E-state index contributed by atoms with van der Waals surface area (Å²) < 4.78 is 9.68. The van der Waals surface area contributed by atoms with E-state index in [-0.39, 0.29) is 18.3 Å². The first-order valence-corrected chi connectivity index (χ1v) is 5.08. The Morgan fingerprint density at radius 2 is 2.00 bits per heavy atom. The van der Waals surface area contributed by atoms with Crippen LogP contribution in [0.25, 0.3) is 0 Å². The van der Waals surface area contributed by atoms with E-state index in [4.69, 9.17) is 4.74 Å². The van der Waals surface area contributed by atoms with E-state index >= 15 is 0 Å². The van der Waals surface area contributed by atoms with Crippen molar-refractivity contribution in [3.05, 3.63) is 23.8 Å². The minimum Gasteiger partial charge on any atom is -0.495 e. The normalized spacial score (nSPS) is 9.59. The predicted octanol–water partition coefficient (Wildman–Crippen LogP) is 1.37. The van der Waals surface area contributed by atoms with Gasteiger partial charge in [-0.1, -0.05) is 6.07 Å². The molecule has 0 aromatic heterocycles. The number of carbonyl (C=O) groups is 2. The topological polar surface area (TPSA) is 64.6 Å². The molecule has 0 fully saturated rings. The van der Waals surface area contributed by atoms with E-state index in [0.29, 0.717) is 11.4 Å². The molecule has 1 aromatic carbocycles. The van der Waals surface area contributed by atoms with Gasteiger partial charge in [-0.3, -0.25) is 9.59 Å². The Kier molecular flexibility index (Phi) is 4.51. The van der Waals surface area contributed by atoms with Crippen molar-refractivity contribution in [3.8, 4) is 5.75 Å². The number of rotatable bonds is 4. The van der Waals surface area contributed by atoms with Crippen LogP contribution in [0.3, 0.4) is 0 Å². The molecule has 0 aliphatic carbocycles. The highest BCUT2D eigenvalue weighted by Gasteiger charge is 2.08. The summed E-state index contributed by atoms with van der Waals surface area (Å²) in [6, 6.07) is 5.14. The molecule has 0 bridgehead atoms. The van der Waals surface area contributed by atoms with Crippen LogP contribution in [0.4, 0.5) is 5.69 Å². The third kappa shape index (κ3) is 3.79. The number of hydrogen-bond donors (Lipinski definition) is 1. The number of amides is 1. The van der Waals surface area contributed by atoms with Crippen LogP contribution in [0.5, 0.6) is 5.75 Å². The van der Waals surface area contributed by atoms with Gasteiger partial charge in [0.25, 0.3) is 0 Å². The average Bonchev–Trinajstić information content (AvgIpc) is 2.28. The van der Waals surface area contributed by atoms with Gasteiger partial charge in [0.1, 0.15) is 5.75 Å². The number of methoxy groups -OCH3 is 2. The third-order valence-electron chi connectivity index (χ3n) is 2.15. The molecular weight excluding hydrogens is 222 g/mol. The smallest absolute Gasteiger partial charge is 0.309 e. The van der Waals surface area contributed by atoms with Gasteiger partial charge in [-0.2, -0.15) is 0 Å². The molecule has 1 rings (SSSR count). The molecule has 0 aliphatic rings. The molecule has 1 N–H and O–H groups in total. The number of nitrogens with one attached hydrogen (secondary N) is 1. The molecule has 5 heteroatoms. The van der Waals surface area contributed by atoms with Crippen molar-refractivity contribution >= 4 is 17.6 Å². The number of benzene rings is 1. The van der Waals surface area contributed by atoms with E-state index in [1.165, 1.54) is 21.1 Å². The summed E-state index contributed by atoms with van der Waals surface area (Å²) in [5, 5.41) is 2.64. The molecule has 0 aliphatic heterocycles. The Balaban J connectivity index is 2.95. The van der Waals surface area contributed by atoms with Crippen LogP contribution < -0.4 is 10.1 Å². The monoisotopic (exact) mass is 237 g/mol. The lowest BCUT2D eigenvalue weighted by molar-refractivity contribution is -0.139. The number of anilines is 1. The molecule has 0 spiro atoms. The summed E-state index contributed by atoms with van der Waals surface area (Å²) in [4.78, 5) is 22.1. The van der Waals surface area contributed by atoms with Gasteiger partial charge in [0.15, 0.2) is 0 Å². The van der Waals surface area contributed by atoms with Gasteiger partial charge < -0.3 is 14.8 Å². The molecular formula is C12H15NO4. The van der Waals surface area contributed by atoms with Crippen LogP contribution in [0.2, 0.25) is 0 Å². The molecule has 5 nitrogen and oxygen atoms in total. The molecule has 0 saturated carbocycles. The predicted molar refractivity (Wildman–Crippen MR) is 63.0 cm³/mol. The van der Waals surface area contributed by atoms with E-state index in [2.05, 4.69) is 10.1 Å². The Hall–Kier alpha value is -2.04. The second-order valence-electron chi connectivity index (χ2n) is 3.47. The second-order valence-corrected chi connectivity index (χ2v) is 3.47. The standard InChI is InChI=1S/C12H15NO4/c1-8(14)13-10-6-9(7-12(15)17-3)4-5-11(10)16-2/h4-6H,7H2,1-3H3,(H,13,14). The van der Waals surface area contributed by atoms with E-state index in [0.717, 1.165) is 5.56 Å². The van der Waals surface area contributed by atoms with E-state index in [9.17, 15) is 9.59 Å². The first-order valence-electron chi connectivity index (χ1n) is 5.08. The summed E-state index contributed by atoms with van der Waals surface area (Å²) in [6.07, 6.45) is 0.160. The van der Waals surface area contributed by atoms with Crippen LogP contribution in [0.1, 0.15) is 12.5 Å². The number of carbonyl (C=O) groups excluding carboxylic acids is 2. The van der Waals surface area contributed by atoms with Crippen LogP contribution >= 0.6 is 0 Å². The summed E-state index contributed by atoms with van der Waals surface area (Å²) in [5.74, 6) is 0.0243. The van der Waals surface area contributed by atoms with Gasteiger partial charge in [0, 0.05) is 6.92 Å². The molecule has 92 valence electrons. The summed E-state index contributed by atoms with van der Waals surface area (Å²) in [7, 11) is 2.85. The van der Waals surface area contributed by atoms with Crippen molar-refractivity contribution < 1.29 is 19.1 Å². The van der Waals surface area contributed by atoms with Gasteiger partial charge in [0.2, 0.25) is 5.91 Å². The van der Waals surface area contributed by atoms with Crippen LogP contribution in [-0.4, -0.2) is 26.1 Å². The SMILES string of the molecule is COC(=O)Cc1ccc(OC)c(NC(C)=O)c1. The quantitative estimate of drug-likeness (QED) is 0.803. The summed E-state index contributed by atoms with van der Waals surface area (Å²) in [5.41, 5.74) is 1.29. The molecule has 1 amide bonds. The largest absolute Gasteiger partial charge is 0.495 e.